The van der Waals surface area contributed by atoms with Crippen LogP contribution in [0.3, 0.4) is 0 Å². The van der Waals surface area contributed by atoms with Crippen LogP contribution in [0.15, 0.2) is 28.7 Å². The van der Waals surface area contributed by atoms with E-state index in [1.165, 1.54) is 19.3 Å². The van der Waals surface area contributed by atoms with Crippen LogP contribution in [0.1, 0.15) is 43.6 Å². The minimum absolute atomic E-state index is 0.170. The van der Waals surface area contributed by atoms with Crippen molar-refractivity contribution in [3.63, 3.8) is 0 Å². The van der Waals surface area contributed by atoms with Gasteiger partial charge in [-0.15, -0.1) is 0 Å². The molecular weight excluding hydrogens is 304 g/mol. The monoisotopic (exact) mass is 320 g/mol. The van der Waals surface area contributed by atoms with Crippen LogP contribution in [0.5, 0.6) is 0 Å². The van der Waals surface area contributed by atoms with Gasteiger partial charge in [0.2, 0.25) is 5.91 Å². The van der Waals surface area contributed by atoms with E-state index in [2.05, 4.69) is 27.3 Å². The fourth-order valence-corrected chi connectivity index (χ4v) is 2.74. The van der Waals surface area contributed by atoms with Crippen molar-refractivity contribution in [1.29, 1.82) is 5.26 Å². The molecule has 1 amide bonds. The van der Waals surface area contributed by atoms with E-state index in [-0.39, 0.29) is 11.9 Å². The van der Waals surface area contributed by atoms with Crippen molar-refractivity contribution in [3.8, 4) is 6.07 Å². The Hall–Kier alpha value is -1.34. The first-order valence-electron chi connectivity index (χ1n) is 6.66. The van der Waals surface area contributed by atoms with Crippen LogP contribution in [-0.4, -0.2) is 11.9 Å². The van der Waals surface area contributed by atoms with Gasteiger partial charge in [0.25, 0.3) is 0 Å². The Morgan fingerprint density at radius 3 is 2.47 bits per heavy atom. The lowest BCUT2D eigenvalue weighted by Crippen LogP contribution is -2.38. The molecule has 0 heterocycles. The number of carbonyl (C=O) groups excluding carboxylic acids is 1. The van der Waals surface area contributed by atoms with Crippen LogP contribution >= 0.6 is 15.9 Å². The average Bonchev–Trinajstić information content (AvgIpc) is 2.43. The fraction of sp³-hybridized carbons (Fsp3) is 0.467. The molecule has 1 aromatic rings. The van der Waals surface area contributed by atoms with Gasteiger partial charge in [-0.25, -0.2) is 0 Å². The van der Waals surface area contributed by atoms with Crippen LogP contribution in [0, 0.1) is 11.3 Å². The molecule has 1 saturated carbocycles. The highest BCUT2D eigenvalue weighted by atomic mass is 79.9. The largest absolute Gasteiger partial charge is 0.352 e. The zero-order chi connectivity index (χ0) is 13.7. The molecule has 3 nitrogen and oxygen atoms in total. The lowest BCUT2D eigenvalue weighted by Gasteiger charge is -2.23. The van der Waals surface area contributed by atoms with Gasteiger partial charge in [-0.2, -0.15) is 5.26 Å². The molecule has 1 aromatic carbocycles. The van der Waals surface area contributed by atoms with Gasteiger partial charge in [-0.1, -0.05) is 47.3 Å². The molecule has 1 unspecified atom stereocenters. The highest BCUT2D eigenvalue weighted by Gasteiger charge is 2.23. The summed E-state index contributed by atoms with van der Waals surface area (Å²) in [4.78, 5) is 12.2. The molecule has 1 fully saturated rings. The van der Waals surface area contributed by atoms with Crippen LogP contribution in [0.4, 0.5) is 0 Å². The molecule has 1 atom stereocenters. The number of nitrogens with one attached hydrogen (secondary N) is 1. The maximum atomic E-state index is 12.2. The summed E-state index contributed by atoms with van der Waals surface area (Å²) in [7, 11) is 0. The van der Waals surface area contributed by atoms with Gasteiger partial charge >= 0.3 is 0 Å². The minimum atomic E-state index is -0.713. The quantitative estimate of drug-likeness (QED) is 0.926. The van der Waals surface area contributed by atoms with Gasteiger partial charge in [-0.3, -0.25) is 4.79 Å². The van der Waals surface area contributed by atoms with Gasteiger partial charge in [-0.05, 0) is 30.5 Å². The highest BCUT2D eigenvalue weighted by molar-refractivity contribution is 9.10. The summed E-state index contributed by atoms with van der Waals surface area (Å²) in [5.41, 5.74) is 0.749. The number of hydrogen-bond donors (Lipinski definition) is 1. The van der Waals surface area contributed by atoms with Gasteiger partial charge in [0.05, 0.1) is 6.07 Å². The van der Waals surface area contributed by atoms with E-state index in [1.807, 2.05) is 24.3 Å². The van der Waals surface area contributed by atoms with Crippen molar-refractivity contribution in [1.82, 2.24) is 5.32 Å². The molecule has 0 spiro atoms. The molecule has 1 aliphatic rings. The first-order valence-corrected chi connectivity index (χ1v) is 7.45. The Morgan fingerprint density at radius 2 is 1.89 bits per heavy atom. The molecule has 1 N–H and O–H groups in total. The lowest BCUT2D eigenvalue weighted by atomic mass is 9.94. The molecule has 1 aliphatic carbocycles. The molecule has 0 radical (unpaired) electrons. The second kappa shape index (κ2) is 6.72. The molecule has 100 valence electrons. The highest BCUT2D eigenvalue weighted by Crippen LogP contribution is 2.21. The first kappa shape index (κ1) is 14.1. The number of rotatable bonds is 3. The molecular formula is C15H17BrN2O. The Balaban J connectivity index is 2.02. The van der Waals surface area contributed by atoms with E-state index in [9.17, 15) is 10.1 Å². The van der Waals surface area contributed by atoms with Crippen molar-refractivity contribution in [2.45, 2.75) is 44.1 Å². The first-order chi connectivity index (χ1) is 9.20. The van der Waals surface area contributed by atoms with Crippen LogP contribution in [0.25, 0.3) is 0 Å². The molecule has 2 rings (SSSR count). The number of halogens is 1. The fourth-order valence-electron chi connectivity index (χ4n) is 2.47. The van der Waals surface area contributed by atoms with E-state index in [0.29, 0.717) is 0 Å². The Kier molecular flexibility index (Phi) is 4.98. The minimum Gasteiger partial charge on any atom is -0.352 e. The summed E-state index contributed by atoms with van der Waals surface area (Å²) in [5.74, 6) is -0.883. The summed E-state index contributed by atoms with van der Waals surface area (Å²) >= 11 is 3.35. The van der Waals surface area contributed by atoms with Gasteiger partial charge in [0, 0.05) is 10.5 Å². The van der Waals surface area contributed by atoms with Crippen molar-refractivity contribution in [3.05, 3.63) is 34.3 Å². The van der Waals surface area contributed by atoms with Crippen molar-refractivity contribution in [2.24, 2.45) is 0 Å². The van der Waals surface area contributed by atoms with Gasteiger partial charge < -0.3 is 5.32 Å². The summed E-state index contributed by atoms with van der Waals surface area (Å²) in [6, 6.07) is 9.69. The van der Waals surface area contributed by atoms with Crippen LogP contribution in [0.2, 0.25) is 0 Å². The maximum Gasteiger partial charge on any atom is 0.242 e. The number of hydrogen-bond acceptors (Lipinski definition) is 2. The third-order valence-electron chi connectivity index (χ3n) is 3.55. The molecule has 19 heavy (non-hydrogen) atoms. The van der Waals surface area contributed by atoms with E-state index in [0.717, 1.165) is 22.9 Å². The normalized spacial score (nSPS) is 17.5. The third-order valence-corrected chi connectivity index (χ3v) is 4.07. The number of nitriles is 1. The number of carbonyl (C=O) groups is 1. The van der Waals surface area contributed by atoms with E-state index < -0.39 is 5.92 Å². The zero-order valence-electron chi connectivity index (χ0n) is 10.7. The Bertz CT molecular complexity index is 472. The summed E-state index contributed by atoms with van der Waals surface area (Å²) < 4.78 is 0.945. The maximum absolute atomic E-state index is 12.2. The number of benzene rings is 1. The number of nitrogens with zero attached hydrogens (tertiary/aromatic N) is 1. The van der Waals surface area contributed by atoms with Crippen molar-refractivity contribution < 1.29 is 4.79 Å². The predicted octanol–water partition coefficient (Wildman–Crippen LogP) is 3.51. The second-order valence-electron chi connectivity index (χ2n) is 4.96. The van der Waals surface area contributed by atoms with Crippen LogP contribution < -0.4 is 5.32 Å². The molecule has 0 bridgehead atoms. The predicted molar refractivity (Wildman–Crippen MR) is 77.5 cm³/mol. The average molecular weight is 321 g/mol. The van der Waals surface area contributed by atoms with Gasteiger partial charge in [0.15, 0.2) is 0 Å². The summed E-state index contributed by atoms with van der Waals surface area (Å²) in [6.07, 6.45) is 5.65. The zero-order valence-corrected chi connectivity index (χ0v) is 12.3. The third kappa shape index (κ3) is 3.81. The van der Waals surface area contributed by atoms with Crippen LogP contribution in [-0.2, 0) is 4.79 Å². The van der Waals surface area contributed by atoms with Crippen molar-refractivity contribution in [2.75, 3.05) is 0 Å². The van der Waals surface area contributed by atoms with E-state index in [4.69, 9.17) is 0 Å². The van der Waals surface area contributed by atoms with E-state index in [1.54, 1.807) is 0 Å². The Labute approximate surface area is 122 Å². The summed E-state index contributed by atoms with van der Waals surface area (Å²) in [5, 5.41) is 12.2. The Morgan fingerprint density at radius 1 is 1.26 bits per heavy atom. The SMILES string of the molecule is N#CC(C(=O)NC1CCCCC1)c1ccc(Br)cc1. The lowest BCUT2D eigenvalue weighted by molar-refractivity contribution is -0.122. The van der Waals surface area contributed by atoms with E-state index >= 15 is 0 Å². The van der Waals surface area contributed by atoms with Crippen molar-refractivity contribution >= 4 is 21.8 Å². The standard InChI is InChI=1S/C15H17BrN2O/c16-12-8-6-11(7-9-12)14(10-17)15(19)18-13-4-2-1-3-5-13/h6-9,13-14H,1-5H2,(H,18,19). The molecule has 0 aromatic heterocycles. The molecule has 0 saturated heterocycles. The second-order valence-corrected chi connectivity index (χ2v) is 5.87. The topological polar surface area (TPSA) is 52.9 Å². The summed E-state index contributed by atoms with van der Waals surface area (Å²) in [6.45, 7) is 0. The molecule has 0 aliphatic heterocycles. The molecule has 4 heteroatoms. The van der Waals surface area contributed by atoms with Gasteiger partial charge in [0.1, 0.15) is 5.92 Å². The smallest absolute Gasteiger partial charge is 0.242 e. The number of amides is 1.